The van der Waals surface area contributed by atoms with E-state index in [9.17, 15) is 13.2 Å². The van der Waals surface area contributed by atoms with Crippen molar-refractivity contribution in [2.24, 2.45) is 5.14 Å². The van der Waals surface area contributed by atoms with Crippen molar-refractivity contribution in [1.29, 1.82) is 0 Å². The average molecular weight is 380 g/mol. The fourth-order valence-electron chi connectivity index (χ4n) is 2.04. The van der Waals surface area contributed by atoms with Gasteiger partial charge in [-0.05, 0) is 47.9 Å². The summed E-state index contributed by atoms with van der Waals surface area (Å²) in [5.41, 5.74) is 1.77. The number of nitrogens with two attached hydrogens (primary N) is 1. The lowest BCUT2D eigenvalue weighted by Gasteiger charge is -2.05. The molecule has 132 valence electrons. The molecule has 2 rings (SSSR count). The van der Waals surface area contributed by atoms with Gasteiger partial charge in [0.1, 0.15) is 0 Å². The van der Waals surface area contributed by atoms with E-state index in [0.717, 1.165) is 11.1 Å². The second-order valence-corrected chi connectivity index (χ2v) is 7.23. The maximum absolute atomic E-state index is 11.7. The fourth-order valence-corrected chi connectivity index (χ4v) is 2.76. The van der Waals surface area contributed by atoms with Gasteiger partial charge in [-0.25, -0.2) is 18.4 Å². The number of amides is 2. The van der Waals surface area contributed by atoms with Crippen LogP contribution in [0.15, 0.2) is 59.6 Å². The third kappa shape index (κ3) is 6.58. The second-order valence-electron chi connectivity index (χ2n) is 5.23. The molecular formula is C17H18ClN3O3S. The number of urea groups is 1. The Morgan fingerprint density at radius 3 is 2.52 bits per heavy atom. The van der Waals surface area contributed by atoms with Crippen molar-refractivity contribution >= 4 is 33.7 Å². The van der Waals surface area contributed by atoms with Crippen molar-refractivity contribution in [2.45, 2.75) is 11.3 Å². The van der Waals surface area contributed by atoms with Gasteiger partial charge < -0.3 is 10.6 Å². The third-order valence-electron chi connectivity index (χ3n) is 3.29. The van der Waals surface area contributed by atoms with Gasteiger partial charge in [0.05, 0.1) is 4.90 Å². The summed E-state index contributed by atoms with van der Waals surface area (Å²) in [7, 11) is -3.69. The number of nitrogens with one attached hydrogen (secondary N) is 2. The number of carbonyl (C=O) groups is 1. The first-order valence-electron chi connectivity index (χ1n) is 7.43. The van der Waals surface area contributed by atoms with Gasteiger partial charge in [0.15, 0.2) is 0 Å². The highest BCUT2D eigenvalue weighted by molar-refractivity contribution is 7.89. The minimum absolute atomic E-state index is 0.0631. The van der Waals surface area contributed by atoms with Crippen LogP contribution in [-0.4, -0.2) is 21.0 Å². The summed E-state index contributed by atoms with van der Waals surface area (Å²) in [5, 5.41) is 11.0. The van der Waals surface area contributed by atoms with Crippen LogP contribution in [0.25, 0.3) is 6.08 Å². The second kappa shape index (κ2) is 8.66. The average Bonchev–Trinajstić information content (AvgIpc) is 2.54. The number of sulfonamides is 1. The number of rotatable bonds is 6. The van der Waals surface area contributed by atoms with Crippen molar-refractivity contribution in [1.82, 2.24) is 10.6 Å². The van der Waals surface area contributed by atoms with E-state index in [2.05, 4.69) is 10.6 Å². The Morgan fingerprint density at radius 1 is 1.16 bits per heavy atom. The van der Waals surface area contributed by atoms with Crippen LogP contribution < -0.4 is 15.8 Å². The van der Waals surface area contributed by atoms with Crippen LogP contribution in [0.1, 0.15) is 11.1 Å². The Hall–Kier alpha value is -2.35. The number of benzene rings is 2. The molecule has 0 bridgehead atoms. The molecule has 0 fully saturated rings. The molecule has 0 spiro atoms. The van der Waals surface area contributed by atoms with Crippen molar-refractivity contribution < 1.29 is 13.2 Å². The van der Waals surface area contributed by atoms with Gasteiger partial charge in [0.2, 0.25) is 10.0 Å². The van der Waals surface area contributed by atoms with Gasteiger partial charge in [-0.1, -0.05) is 35.9 Å². The van der Waals surface area contributed by atoms with E-state index in [1.807, 2.05) is 12.1 Å². The third-order valence-corrected chi connectivity index (χ3v) is 4.45. The van der Waals surface area contributed by atoms with Gasteiger partial charge in [-0.2, -0.15) is 0 Å². The smallest absolute Gasteiger partial charge is 0.318 e. The molecule has 0 saturated carbocycles. The van der Waals surface area contributed by atoms with Crippen LogP contribution in [0.3, 0.4) is 0 Å². The molecule has 2 aromatic carbocycles. The van der Waals surface area contributed by atoms with E-state index in [1.54, 1.807) is 30.3 Å². The van der Waals surface area contributed by atoms with Crippen LogP contribution >= 0.6 is 11.6 Å². The van der Waals surface area contributed by atoms with Gasteiger partial charge in [0, 0.05) is 17.8 Å². The van der Waals surface area contributed by atoms with E-state index < -0.39 is 10.0 Å². The first-order valence-corrected chi connectivity index (χ1v) is 9.35. The molecule has 2 amide bonds. The highest BCUT2D eigenvalue weighted by atomic mass is 35.5. The van der Waals surface area contributed by atoms with Crippen molar-refractivity contribution in [3.05, 3.63) is 70.9 Å². The molecule has 25 heavy (non-hydrogen) atoms. The molecule has 2 aromatic rings. The van der Waals surface area contributed by atoms with Gasteiger partial charge in [-0.15, -0.1) is 0 Å². The zero-order valence-corrected chi connectivity index (χ0v) is 14.8. The van der Waals surface area contributed by atoms with Gasteiger partial charge in [0.25, 0.3) is 0 Å². The first-order chi connectivity index (χ1) is 11.8. The molecule has 0 aromatic heterocycles. The van der Waals surface area contributed by atoms with Crippen molar-refractivity contribution in [2.75, 3.05) is 6.54 Å². The first kappa shape index (κ1) is 19.0. The molecule has 0 heterocycles. The van der Waals surface area contributed by atoms with Crippen molar-refractivity contribution in [3.63, 3.8) is 0 Å². The predicted molar refractivity (Wildman–Crippen MR) is 98.5 cm³/mol. The number of primary sulfonamides is 1. The molecule has 8 heteroatoms. The van der Waals surface area contributed by atoms with Crippen LogP contribution in [0, 0.1) is 0 Å². The van der Waals surface area contributed by atoms with Crippen molar-refractivity contribution in [3.8, 4) is 0 Å². The zero-order valence-electron chi connectivity index (χ0n) is 13.3. The quantitative estimate of drug-likeness (QED) is 0.718. The summed E-state index contributed by atoms with van der Waals surface area (Å²) in [5.74, 6) is 0. The number of hydrogen-bond acceptors (Lipinski definition) is 3. The molecule has 4 N–H and O–H groups in total. The minimum Gasteiger partial charge on any atom is -0.338 e. The lowest BCUT2D eigenvalue weighted by molar-refractivity contribution is 0.244. The minimum atomic E-state index is -3.69. The molecule has 0 atom stereocenters. The lowest BCUT2D eigenvalue weighted by Crippen LogP contribution is -2.33. The Morgan fingerprint density at radius 2 is 1.88 bits per heavy atom. The highest BCUT2D eigenvalue weighted by Gasteiger charge is 2.06. The molecule has 6 nitrogen and oxygen atoms in total. The van der Waals surface area contributed by atoms with Crippen LogP contribution in [0.5, 0.6) is 0 Å². The SMILES string of the molecule is NS(=O)(=O)c1ccc(CCNC(=O)N/C=C/c2cccc(Cl)c2)cc1. The van der Waals surface area contributed by atoms with Gasteiger partial charge >= 0.3 is 6.03 Å². The standard InChI is InChI=1S/C17H18ClN3O3S/c18-15-3-1-2-14(12-15)9-11-21-17(22)20-10-8-13-4-6-16(7-5-13)25(19,23)24/h1-7,9,11-12H,8,10H2,(H2,19,23,24)(H2,20,21,22)/b11-9+. The van der Waals surface area contributed by atoms with Crippen LogP contribution in [0.2, 0.25) is 5.02 Å². The lowest BCUT2D eigenvalue weighted by atomic mass is 10.1. The molecule has 0 aliphatic carbocycles. The van der Waals surface area contributed by atoms with E-state index in [0.29, 0.717) is 18.0 Å². The predicted octanol–water partition coefficient (Wildman–Crippen LogP) is 2.50. The van der Waals surface area contributed by atoms with Crippen LogP contribution in [-0.2, 0) is 16.4 Å². The topological polar surface area (TPSA) is 101 Å². The van der Waals surface area contributed by atoms with Crippen LogP contribution in [0.4, 0.5) is 4.79 Å². The largest absolute Gasteiger partial charge is 0.338 e. The fraction of sp³-hybridized carbons (Fsp3) is 0.118. The molecule has 0 saturated heterocycles. The number of carbonyl (C=O) groups excluding carboxylic acids is 1. The maximum atomic E-state index is 11.7. The van der Waals surface area contributed by atoms with E-state index >= 15 is 0 Å². The normalized spacial score (nSPS) is 11.4. The summed E-state index contributed by atoms with van der Waals surface area (Å²) in [6.07, 6.45) is 3.83. The molecule has 0 aliphatic rings. The Labute approximate surface area is 151 Å². The molecular weight excluding hydrogens is 362 g/mol. The summed E-state index contributed by atoms with van der Waals surface area (Å²) in [4.78, 5) is 11.7. The summed E-state index contributed by atoms with van der Waals surface area (Å²) in [6.45, 7) is 0.408. The van der Waals surface area contributed by atoms with E-state index in [1.165, 1.54) is 18.3 Å². The monoisotopic (exact) mass is 379 g/mol. The molecule has 0 aliphatic heterocycles. The maximum Gasteiger partial charge on any atom is 0.318 e. The Kier molecular flexibility index (Phi) is 6.58. The summed E-state index contributed by atoms with van der Waals surface area (Å²) >= 11 is 5.87. The summed E-state index contributed by atoms with van der Waals surface area (Å²) < 4.78 is 22.3. The molecule has 0 radical (unpaired) electrons. The number of hydrogen-bond donors (Lipinski definition) is 3. The highest BCUT2D eigenvalue weighted by Crippen LogP contribution is 2.11. The Bertz CT molecular complexity index is 865. The summed E-state index contributed by atoms with van der Waals surface area (Å²) in [6, 6.07) is 13.1. The van der Waals surface area contributed by atoms with E-state index in [-0.39, 0.29) is 10.9 Å². The molecule has 0 unspecified atom stereocenters. The Balaban J connectivity index is 1.75. The van der Waals surface area contributed by atoms with E-state index in [4.69, 9.17) is 16.7 Å². The number of halogens is 1. The zero-order chi connectivity index (χ0) is 18.3. The van der Waals surface area contributed by atoms with Gasteiger partial charge in [-0.3, -0.25) is 0 Å².